The first-order valence-corrected chi connectivity index (χ1v) is 8.38. The molecule has 4 aliphatic rings. The maximum atomic E-state index is 14.9. The average molecular weight is 322 g/mol. The fourth-order valence-electron chi connectivity index (χ4n) is 5.88. The molecule has 4 aliphatic carbocycles. The molecule has 0 heterocycles. The molecule has 23 heavy (non-hydrogen) atoms. The second-order valence-corrected chi connectivity index (χ2v) is 8.30. The Morgan fingerprint density at radius 2 is 1.30 bits per heavy atom. The normalized spacial score (nSPS) is 44.5. The van der Waals surface area contributed by atoms with Crippen LogP contribution in [0.3, 0.4) is 0 Å². The number of carbonyl (C=O) groups is 1. The molecule has 0 radical (unpaired) electrons. The van der Waals surface area contributed by atoms with Crippen molar-refractivity contribution in [3.63, 3.8) is 0 Å². The van der Waals surface area contributed by atoms with Gasteiger partial charge in [0.05, 0.1) is 0 Å². The van der Waals surface area contributed by atoms with E-state index in [0.717, 1.165) is 0 Å². The molecular formula is C19H21F3O. The minimum absolute atomic E-state index is 0.0323. The van der Waals surface area contributed by atoms with Crippen LogP contribution in [0.4, 0.5) is 13.2 Å². The molecule has 0 N–H and O–H groups in total. The van der Waals surface area contributed by atoms with Gasteiger partial charge in [0.1, 0.15) is 17.0 Å². The largest absolute Gasteiger partial charge is 0.294 e. The smallest absolute Gasteiger partial charge is 0.162 e. The van der Waals surface area contributed by atoms with Crippen molar-refractivity contribution in [3.8, 4) is 0 Å². The zero-order valence-corrected chi connectivity index (χ0v) is 13.1. The van der Waals surface area contributed by atoms with Gasteiger partial charge in [-0.25, -0.2) is 13.2 Å². The molecule has 0 aromatic heterocycles. The predicted octanol–water partition coefficient (Wildman–Crippen LogP) is 5.14. The summed E-state index contributed by atoms with van der Waals surface area (Å²) in [5.41, 5.74) is -5.27. The number of hydrogen-bond donors (Lipinski definition) is 0. The van der Waals surface area contributed by atoms with Crippen LogP contribution in [-0.2, 0) is 0 Å². The van der Waals surface area contributed by atoms with Gasteiger partial charge in [0.2, 0.25) is 0 Å². The molecule has 0 saturated heterocycles. The lowest BCUT2D eigenvalue weighted by molar-refractivity contribution is -0.217. The molecule has 0 atom stereocenters. The number of halogens is 3. The van der Waals surface area contributed by atoms with Gasteiger partial charge in [0, 0.05) is 31.2 Å². The summed E-state index contributed by atoms with van der Waals surface area (Å²) in [5.74, 6) is -0.0323. The van der Waals surface area contributed by atoms with E-state index in [-0.39, 0.29) is 50.7 Å². The minimum Gasteiger partial charge on any atom is -0.294 e. The minimum atomic E-state index is -1.73. The van der Waals surface area contributed by atoms with E-state index in [9.17, 15) is 18.0 Å². The Labute approximate surface area is 134 Å². The Bertz CT molecular complexity index is 588. The molecule has 4 saturated carbocycles. The van der Waals surface area contributed by atoms with Gasteiger partial charge in [-0.15, -0.1) is 0 Å². The van der Waals surface area contributed by atoms with E-state index in [1.165, 1.54) is 0 Å². The van der Waals surface area contributed by atoms with E-state index in [2.05, 4.69) is 0 Å². The zero-order chi connectivity index (χ0) is 16.3. The fraction of sp³-hybridized carbons (Fsp3) is 0.632. The third kappa shape index (κ3) is 2.60. The average Bonchev–Trinajstić information content (AvgIpc) is 2.40. The van der Waals surface area contributed by atoms with E-state index >= 15 is 0 Å². The van der Waals surface area contributed by atoms with Crippen molar-refractivity contribution in [2.24, 2.45) is 5.41 Å². The van der Waals surface area contributed by atoms with E-state index in [1.807, 2.05) is 6.07 Å². The molecular weight excluding hydrogens is 301 g/mol. The highest BCUT2D eigenvalue weighted by atomic mass is 19.2. The Balaban J connectivity index is 1.54. The Kier molecular flexibility index (Phi) is 3.05. The van der Waals surface area contributed by atoms with Crippen molar-refractivity contribution in [1.29, 1.82) is 0 Å². The van der Waals surface area contributed by atoms with Gasteiger partial charge in [-0.2, -0.15) is 0 Å². The molecule has 1 aromatic rings. The van der Waals surface area contributed by atoms with Crippen LogP contribution in [0.5, 0.6) is 0 Å². The van der Waals surface area contributed by atoms with Crippen molar-refractivity contribution < 1.29 is 18.0 Å². The summed E-state index contributed by atoms with van der Waals surface area (Å²) in [6, 6.07) is 8.91. The Morgan fingerprint density at radius 3 is 1.78 bits per heavy atom. The number of ketones is 1. The van der Waals surface area contributed by atoms with Gasteiger partial charge in [-0.1, -0.05) is 30.3 Å². The van der Waals surface area contributed by atoms with Gasteiger partial charge in [-0.05, 0) is 31.1 Å². The van der Waals surface area contributed by atoms with E-state index < -0.39 is 22.4 Å². The molecule has 124 valence electrons. The van der Waals surface area contributed by atoms with Gasteiger partial charge >= 0.3 is 0 Å². The standard InChI is InChI=1S/C19H21F3O/c20-17-8-16(7-6-15(23)14-4-2-1-3-5-14)9-18(21,11-17)13-19(22,10-16)12-17/h1-5H,6-13H2. The lowest BCUT2D eigenvalue weighted by Gasteiger charge is -2.63. The molecule has 5 rings (SSSR count). The summed E-state index contributed by atoms with van der Waals surface area (Å²) in [6.07, 6.45) is 0.731. The van der Waals surface area contributed by atoms with Gasteiger partial charge < -0.3 is 0 Å². The first-order chi connectivity index (χ1) is 10.7. The highest BCUT2D eigenvalue weighted by Gasteiger charge is 2.70. The van der Waals surface area contributed by atoms with Crippen molar-refractivity contribution in [3.05, 3.63) is 35.9 Å². The highest BCUT2D eigenvalue weighted by molar-refractivity contribution is 5.96. The Morgan fingerprint density at radius 1 is 0.826 bits per heavy atom. The summed E-state index contributed by atoms with van der Waals surface area (Å²) >= 11 is 0. The molecule has 0 spiro atoms. The van der Waals surface area contributed by atoms with E-state index in [4.69, 9.17) is 0 Å². The third-order valence-corrected chi connectivity index (χ3v) is 5.95. The SMILES string of the molecule is O=C(CCC12CC3(F)CC(F)(CC(F)(C3)C1)C2)c1ccccc1. The van der Waals surface area contributed by atoms with Crippen LogP contribution in [-0.4, -0.2) is 22.8 Å². The molecule has 4 heteroatoms. The Hall–Kier alpha value is -1.32. The molecule has 4 bridgehead atoms. The molecule has 1 aromatic carbocycles. The van der Waals surface area contributed by atoms with E-state index in [1.54, 1.807) is 24.3 Å². The van der Waals surface area contributed by atoms with Crippen LogP contribution < -0.4 is 0 Å². The van der Waals surface area contributed by atoms with Crippen LogP contribution in [0.2, 0.25) is 0 Å². The lowest BCUT2D eigenvalue weighted by Crippen LogP contribution is -2.65. The predicted molar refractivity (Wildman–Crippen MR) is 81.7 cm³/mol. The third-order valence-electron chi connectivity index (χ3n) is 5.95. The second-order valence-electron chi connectivity index (χ2n) is 8.30. The molecule has 4 fully saturated rings. The molecule has 0 amide bonds. The number of alkyl halides is 3. The molecule has 0 unspecified atom stereocenters. The number of hydrogen-bond acceptors (Lipinski definition) is 1. The number of rotatable bonds is 4. The topological polar surface area (TPSA) is 17.1 Å². The monoisotopic (exact) mass is 322 g/mol. The first-order valence-electron chi connectivity index (χ1n) is 8.38. The summed E-state index contributed by atoms with van der Waals surface area (Å²) in [6.45, 7) is 0. The summed E-state index contributed by atoms with van der Waals surface area (Å²) < 4.78 is 44.7. The van der Waals surface area contributed by atoms with Crippen molar-refractivity contribution in [2.75, 3.05) is 0 Å². The van der Waals surface area contributed by atoms with Crippen LogP contribution in [0, 0.1) is 5.41 Å². The van der Waals surface area contributed by atoms with E-state index in [0.29, 0.717) is 12.0 Å². The molecule has 1 nitrogen and oxygen atoms in total. The number of Topliss-reactive ketones (excluding diaryl/α,β-unsaturated/α-hetero) is 1. The number of benzene rings is 1. The summed E-state index contributed by atoms with van der Waals surface area (Å²) in [5, 5.41) is 0. The van der Waals surface area contributed by atoms with Gasteiger partial charge in [-0.3, -0.25) is 4.79 Å². The van der Waals surface area contributed by atoms with Crippen LogP contribution in [0.25, 0.3) is 0 Å². The second kappa shape index (κ2) is 4.61. The molecule has 0 aliphatic heterocycles. The quantitative estimate of drug-likeness (QED) is 0.701. The van der Waals surface area contributed by atoms with Gasteiger partial charge in [0.15, 0.2) is 5.78 Å². The van der Waals surface area contributed by atoms with Crippen LogP contribution >= 0.6 is 0 Å². The van der Waals surface area contributed by atoms with Crippen LogP contribution in [0.1, 0.15) is 61.7 Å². The lowest BCUT2D eigenvalue weighted by atomic mass is 9.45. The zero-order valence-electron chi connectivity index (χ0n) is 13.1. The highest BCUT2D eigenvalue weighted by Crippen LogP contribution is 2.69. The fourth-order valence-corrected chi connectivity index (χ4v) is 5.88. The van der Waals surface area contributed by atoms with Crippen molar-refractivity contribution in [1.82, 2.24) is 0 Å². The summed E-state index contributed by atoms with van der Waals surface area (Å²) in [7, 11) is 0. The summed E-state index contributed by atoms with van der Waals surface area (Å²) in [4.78, 5) is 12.3. The van der Waals surface area contributed by atoms with Crippen LogP contribution in [0.15, 0.2) is 30.3 Å². The maximum Gasteiger partial charge on any atom is 0.162 e. The number of carbonyl (C=O) groups excluding carboxylic acids is 1. The van der Waals surface area contributed by atoms with Crippen molar-refractivity contribution in [2.45, 2.75) is 68.4 Å². The maximum absolute atomic E-state index is 14.9. The van der Waals surface area contributed by atoms with Gasteiger partial charge in [0.25, 0.3) is 0 Å². The van der Waals surface area contributed by atoms with Crippen molar-refractivity contribution >= 4 is 5.78 Å². The first kappa shape index (κ1) is 15.2.